The Labute approximate surface area is 134 Å². The van der Waals surface area contributed by atoms with E-state index < -0.39 is 0 Å². The topological polar surface area (TPSA) is 61.2 Å². The van der Waals surface area contributed by atoms with Crippen molar-refractivity contribution in [2.45, 2.75) is 0 Å². The largest absolute Gasteiger partial charge is 1.00 e. The summed E-state index contributed by atoms with van der Waals surface area (Å²) >= 11 is 1.16. The SMILES string of the molecule is [K+].[O-]/N=C/c1snnc1-c1ccccc1. The Morgan fingerprint density at radius 2 is 2.00 bits per heavy atom. The van der Waals surface area contributed by atoms with Gasteiger partial charge in [-0.2, -0.15) is 0 Å². The second-order valence-electron chi connectivity index (χ2n) is 2.59. The Hall–Kier alpha value is -0.114. The summed E-state index contributed by atoms with van der Waals surface area (Å²) in [5.74, 6) is 0. The van der Waals surface area contributed by atoms with Crippen LogP contribution in [0.2, 0.25) is 0 Å². The molecule has 70 valence electrons. The van der Waals surface area contributed by atoms with Gasteiger partial charge in [0.25, 0.3) is 0 Å². The van der Waals surface area contributed by atoms with Crippen molar-refractivity contribution in [1.82, 2.24) is 9.59 Å². The van der Waals surface area contributed by atoms with Crippen LogP contribution in [0.5, 0.6) is 0 Å². The molecule has 15 heavy (non-hydrogen) atoms. The van der Waals surface area contributed by atoms with E-state index in [0.29, 0.717) is 10.6 Å². The molecule has 4 nitrogen and oxygen atoms in total. The van der Waals surface area contributed by atoms with Gasteiger partial charge in [-0.3, -0.25) is 0 Å². The first-order valence-electron chi connectivity index (χ1n) is 3.95. The maximum Gasteiger partial charge on any atom is 1.00 e. The zero-order valence-electron chi connectivity index (χ0n) is 8.12. The van der Waals surface area contributed by atoms with E-state index in [4.69, 9.17) is 0 Å². The number of rotatable bonds is 2. The molecule has 1 aromatic carbocycles. The molecular weight excluding hydrogens is 237 g/mol. The van der Waals surface area contributed by atoms with E-state index in [1.54, 1.807) is 0 Å². The maximum absolute atomic E-state index is 10.1. The number of hydrogen-bond donors (Lipinski definition) is 0. The summed E-state index contributed by atoms with van der Waals surface area (Å²) in [6, 6.07) is 9.57. The Bertz CT molecular complexity index is 444. The molecule has 2 rings (SSSR count). The minimum atomic E-state index is 0. The molecule has 0 spiro atoms. The van der Waals surface area contributed by atoms with Crippen LogP contribution < -0.4 is 51.4 Å². The van der Waals surface area contributed by atoms with Crippen LogP contribution in [0, 0.1) is 5.21 Å². The van der Waals surface area contributed by atoms with E-state index in [9.17, 15) is 5.21 Å². The summed E-state index contributed by atoms with van der Waals surface area (Å²) in [6.07, 6.45) is 1.23. The van der Waals surface area contributed by atoms with Crippen LogP contribution in [0.1, 0.15) is 4.88 Å². The van der Waals surface area contributed by atoms with Crippen molar-refractivity contribution in [3.63, 3.8) is 0 Å². The number of benzene rings is 1. The zero-order chi connectivity index (χ0) is 9.80. The third kappa shape index (κ3) is 3.17. The van der Waals surface area contributed by atoms with E-state index in [1.807, 2.05) is 30.3 Å². The van der Waals surface area contributed by atoms with Crippen molar-refractivity contribution in [3.8, 4) is 11.3 Å². The smallest absolute Gasteiger partial charge is 0.792 e. The molecular formula is C9H6KN3OS. The molecule has 2 aromatic rings. The fraction of sp³-hybridized carbons (Fsp3) is 0. The van der Waals surface area contributed by atoms with Crippen molar-refractivity contribution in [2.24, 2.45) is 5.16 Å². The quantitative estimate of drug-likeness (QED) is 0.391. The first-order chi connectivity index (χ1) is 6.92. The van der Waals surface area contributed by atoms with Gasteiger partial charge in [-0.1, -0.05) is 34.8 Å². The molecule has 0 aliphatic heterocycles. The molecule has 1 aromatic heterocycles. The van der Waals surface area contributed by atoms with Crippen molar-refractivity contribution in [1.29, 1.82) is 0 Å². The molecule has 6 heteroatoms. The Morgan fingerprint density at radius 1 is 1.27 bits per heavy atom. The van der Waals surface area contributed by atoms with Gasteiger partial charge < -0.3 is 10.4 Å². The fourth-order valence-electron chi connectivity index (χ4n) is 1.13. The van der Waals surface area contributed by atoms with Crippen molar-refractivity contribution < 1.29 is 51.4 Å². The average Bonchev–Trinajstić information content (AvgIpc) is 2.68. The van der Waals surface area contributed by atoms with Crippen LogP contribution in [0.3, 0.4) is 0 Å². The van der Waals surface area contributed by atoms with E-state index in [-0.39, 0.29) is 51.4 Å². The Kier molecular flexibility index (Phi) is 5.58. The molecule has 1 heterocycles. The zero-order valence-corrected chi connectivity index (χ0v) is 12.1. The van der Waals surface area contributed by atoms with Crippen molar-refractivity contribution in [3.05, 3.63) is 40.4 Å². The second kappa shape index (κ2) is 6.46. The molecule has 0 unspecified atom stereocenters. The van der Waals surface area contributed by atoms with Gasteiger partial charge in [0.05, 0.1) is 4.88 Å². The minimum Gasteiger partial charge on any atom is -0.792 e. The second-order valence-corrected chi connectivity index (χ2v) is 3.37. The van der Waals surface area contributed by atoms with Crippen LogP contribution in [-0.4, -0.2) is 15.8 Å². The van der Waals surface area contributed by atoms with Crippen LogP contribution in [0.15, 0.2) is 35.5 Å². The molecule has 0 bridgehead atoms. The van der Waals surface area contributed by atoms with Gasteiger partial charge >= 0.3 is 51.4 Å². The van der Waals surface area contributed by atoms with Crippen LogP contribution in [0.4, 0.5) is 0 Å². The van der Waals surface area contributed by atoms with Gasteiger partial charge in [-0.25, -0.2) is 0 Å². The van der Waals surface area contributed by atoms with Crippen LogP contribution in [-0.2, 0) is 0 Å². The molecule has 0 fully saturated rings. The Balaban J connectivity index is 0.00000112. The monoisotopic (exact) mass is 243 g/mol. The normalized spacial score (nSPS) is 10.1. The Morgan fingerprint density at radius 3 is 2.67 bits per heavy atom. The molecule has 0 radical (unpaired) electrons. The molecule has 0 saturated heterocycles. The van der Waals surface area contributed by atoms with Gasteiger partial charge in [0.2, 0.25) is 0 Å². The summed E-state index contributed by atoms with van der Waals surface area (Å²) in [5.41, 5.74) is 1.64. The summed E-state index contributed by atoms with van der Waals surface area (Å²) in [6.45, 7) is 0. The van der Waals surface area contributed by atoms with Gasteiger partial charge in [0, 0.05) is 11.8 Å². The van der Waals surface area contributed by atoms with E-state index in [2.05, 4.69) is 14.7 Å². The predicted molar refractivity (Wildman–Crippen MR) is 56.3 cm³/mol. The summed E-state index contributed by atoms with van der Waals surface area (Å²) in [4.78, 5) is 0.686. The first-order valence-corrected chi connectivity index (χ1v) is 4.72. The van der Waals surface area contributed by atoms with Crippen molar-refractivity contribution >= 4 is 17.7 Å². The molecule has 0 atom stereocenters. The summed E-state index contributed by atoms with van der Waals surface area (Å²) in [5, 5.41) is 16.8. The van der Waals surface area contributed by atoms with Crippen molar-refractivity contribution in [2.75, 3.05) is 0 Å². The van der Waals surface area contributed by atoms with Gasteiger partial charge in [0.1, 0.15) is 5.69 Å². The summed E-state index contributed by atoms with van der Waals surface area (Å²) < 4.78 is 3.78. The average molecular weight is 243 g/mol. The number of aromatic nitrogens is 2. The standard InChI is InChI=1S/C9H7N3OS.K/c13-10-6-8-9(11-12-14-8)7-4-2-1-3-5-7;/h1-6,13H;/q;+1/p-1/b10-6+;. The maximum atomic E-state index is 10.1. The minimum absolute atomic E-state index is 0. The summed E-state index contributed by atoms with van der Waals surface area (Å²) in [7, 11) is 0. The third-order valence-electron chi connectivity index (χ3n) is 1.73. The fourth-order valence-corrected chi connectivity index (χ4v) is 1.67. The van der Waals surface area contributed by atoms with Gasteiger partial charge in [0.15, 0.2) is 0 Å². The first kappa shape index (κ1) is 13.0. The van der Waals surface area contributed by atoms with E-state index in [1.165, 1.54) is 6.21 Å². The molecule has 0 aliphatic rings. The van der Waals surface area contributed by atoms with Gasteiger partial charge in [-0.05, 0) is 11.5 Å². The molecule has 0 saturated carbocycles. The molecule has 0 N–H and O–H groups in total. The predicted octanol–water partition coefficient (Wildman–Crippen LogP) is -0.874. The third-order valence-corrected chi connectivity index (χ3v) is 2.39. The number of hydrogen-bond acceptors (Lipinski definition) is 5. The molecule has 0 aliphatic carbocycles. The number of nitrogens with zero attached hydrogens (tertiary/aromatic N) is 3. The van der Waals surface area contributed by atoms with Gasteiger partial charge in [-0.15, -0.1) is 5.10 Å². The van der Waals surface area contributed by atoms with E-state index in [0.717, 1.165) is 17.1 Å². The van der Waals surface area contributed by atoms with Crippen LogP contribution in [0.25, 0.3) is 11.3 Å². The van der Waals surface area contributed by atoms with E-state index >= 15 is 0 Å². The molecule has 0 amide bonds. The van der Waals surface area contributed by atoms with Crippen LogP contribution >= 0.6 is 11.5 Å².